The first-order chi connectivity index (χ1) is 10.7. The molecule has 0 atom stereocenters. The highest BCUT2D eigenvalue weighted by molar-refractivity contribution is 5.76. The Morgan fingerprint density at radius 3 is 2.17 bits per heavy atom. The predicted octanol–water partition coefficient (Wildman–Crippen LogP) is 1.93. The SMILES string of the molecule is CC(C)(COC(C)(C)CN)CC(=O)NCc1ccc(CN)cc1. The molecule has 0 heterocycles. The molecule has 0 saturated carbocycles. The molecule has 0 fully saturated rings. The average molecular weight is 321 g/mol. The lowest BCUT2D eigenvalue weighted by atomic mass is 9.89. The van der Waals surface area contributed by atoms with Gasteiger partial charge in [0, 0.05) is 26.1 Å². The third-order valence-electron chi connectivity index (χ3n) is 3.73. The number of nitrogens with one attached hydrogen (secondary N) is 1. The first kappa shape index (κ1) is 19.6. The Morgan fingerprint density at radius 1 is 1.09 bits per heavy atom. The van der Waals surface area contributed by atoms with Crippen LogP contribution in [0.25, 0.3) is 0 Å². The maximum absolute atomic E-state index is 12.1. The van der Waals surface area contributed by atoms with Gasteiger partial charge >= 0.3 is 0 Å². The molecule has 0 saturated heterocycles. The van der Waals surface area contributed by atoms with Crippen molar-refractivity contribution >= 4 is 5.91 Å². The van der Waals surface area contributed by atoms with Gasteiger partial charge in [0.25, 0.3) is 0 Å². The molecule has 23 heavy (non-hydrogen) atoms. The molecular formula is C18H31N3O2. The van der Waals surface area contributed by atoms with Gasteiger partial charge in [-0.3, -0.25) is 4.79 Å². The number of amides is 1. The molecule has 5 N–H and O–H groups in total. The fraction of sp³-hybridized carbons (Fsp3) is 0.611. The number of ether oxygens (including phenoxy) is 1. The smallest absolute Gasteiger partial charge is 0.220 e. The lowest BCUT2D eigenvalue weighted by molar-refractivity contribution is -0.125. The van der Waals surface area contributed by atoms with E-state index in [1.54, 1.807) is 0 Å². The molecule has 0 bridgehead atoms. The van der Waals surface area contributed by atoms with Gasteiger partial charge in [0.2, 0.25) is 5.91 Å². The molecule has 1 aromatic carbocycles. The minimum absolute atomic E-state index is 0.0204. The molecule has 5 nitrogen and oxygen atoms in total. The summed E-state index contributed by atoms with van der Waals surface area (Å²) in [4.78, 5) is 12.1. The van der Waals surface area contributed by atoms with E-state index in [1.165, 1.54) is 0 Å². The van der Waals surface area contributed by atoms with Crippen molar-refractivity contribution in [1.29, 1.82) is 0 Å². The standard InChI is InChI=1S/C18H31N3O2/c1-17(2,13-23-18(3,4)12-20)9-16(22)21-11-15-7-5-14(10-19)6-8-15/h5-8H,9-13,19-20H2,1-4H3,(H,21,22). The Bertz CT molecular complexity index is 495. The van der Waals surface area contributed by atoms with Gasteiger partial charge in [-0.25, -0.2) is 0 Å². The van der Waals surface area contributed by atoms with E-state index in [1.807, 2.05) is 52.0 Å². The minimum atomic E-state index is -0.363. The van der Waals surface area contributed by atoms with E-state index in [0.717, 1.165) is 11.1 Å². The van der Waals surface area contributed by atoms with Crippen molar-refractivity contribution in [2.75, 3.05) is 13.2 Å². The van der Waals surface area contributed by atoms with Crippen LogP contribution in [0.5, 0.6) is 0 Å². The van der Waals surface area contributed by atoms with E-state index < -0.39 is 0 Å². The number of carbonyl (C=O) groups is 1. The third-order valence-corrected chi connectivity index (χ3v) is 3.73. The Hall–Kier alpha value is -1.43. The lowest BCUT2D eigenvalue weighted by Crippen LogP contribution is -2.39. The quantitative estimate of drug-likeness (QED) is 0.648. The lowest BCUT2D eigenvalue weighted by Gasteiger charge is -2.30. The number of rotatable bonds is 9. The van der Waals surface area contributed by atoms with Crippen molar-refractivity contribution < 1.29 is 9.53 Å². The van der Waals surface area contributed by atoms with Crippen LogP contribution in [0.1, 0.15) is 45.2 Å². The van der Waals surface area contributed by atoms with Crippen molar-refractivity contribution in [3.8, 4) is 0 Å². The van der Waals surface area contributed by atoms with Gasteiger partial charge in [-0.15, -0.1) is 0 Å². The number of nitrogens with two attached hydrogens (primary N) is 2. The van der Waals surface area contributed by atoms with Crippen molar-refractivity contribution in [1.82, 2.24) is 5.32 Å². The predicted molar refractivity (Wildman–Crippen MR) is 93.7 cm³/mol. The van der Waals surface area contributed by atoms with E-state index in [9.17, 15) is 4.79 Å². The van der Waals surface area contributed by atoms with Crippen LogP contribution in [0.3, 0.4) is 0 Å². The number of benzene rings is 1. The van der Waals surface area contributed by atoms with Crippen LogP contribution in [-0.4, -0.2) is 24.7 Å². The van der Waals surface area contributed by atoms with Crippen LogP contribution in [0.2, 0.25) is 0 Å². The summed E-state index contributed by atoms with van der Waals surface area (Å²) in [5, 5.41) is 2.95. The molecule has 1 aromatic rings. The fourth-order valence-corrected chi connectivity index (χ4v) is 1.99. The molecule has 0 spiro atoms. The van der Waals surface area contributed by atoms with Crippen LogP contribution in [0.15, 0.2) is 24.3 Å². The summed E-state index contributed by atoms with van der Waals surface area (Å²) in [7, 11) is 0. The van der Waals surface area contributed by atoms with Crippen LogP contribution < -0.4 is 16.8 Å². The molecule has 0 aliphatic heterocycles. The third kappa shape index (κ3) is 7.59. The Morgan fingerprint density at radius 2 is 1.65 bits per heavy atom. The van der Waals surface area contributed by atoms with E-state index in [2.05, 4.69) is 5.32 Å². The summed E-state index contributed by atoms with van der Waals surface area (Å²) in [6.45, 7) is 9.95. The molecule has 0 aromatic heterocycles. The second-order valence-corrected chi connectivity index (χ2v) is 7.39. The summed E-state index contributed by atoms with van der Waals surface area (Å²) in [5.41, 5.74) is 12.8. The van der Waals surface area contributed by atoms with E-state index in [-0.39, 0.29) is 16.9 Å². The zero-order valence-electron chi connectivity index (χ0n) is 14.8. The van der Waals surface area contributed by atoms with Crippen molar-refractivity contribution in [3.05, 3.63) is 35.4 Å². The Labute approximate surface area is 139 Å². The summed E-state index contributed by atoms with van der Waals surface area (Å²) in [5.74, 6) is 0.0204. The topological polar surface area (TPSA) is 90.4 Å². The molecule has 5 heteroatoms. The Kier molecular flexibility index (Phi) is 7.19. The Balaban J connectivity index is 2.42. The largest absolute Gasteiger partial charge is 0.374 e. The molecule has 0 aliphatic carbocycles. The maximum atomic E-state index is 12.1. The van der Waals surface area contributed by atoms with Gasteiger partial charge in [-0.1, -0.05) is 38.1 Å². The second-order valence-electron chi connectivity index (χ2n) is 7.39. The zero-order chi connectivity index (χ0) is 17.5. The first-order valence-electron chi connectivity index (χ1n) is 8.06. The summed E-state index contributed by atoms with van der Waals surface area (Å²) >= 11 is 0. The van der Waals surface area contributed by atoms with Crippen LogP contribution in [0.4, 0.5) is 0 Å². The van der Waals surface area contributed by atoms with E-state index in [0.29, 0.717) is 32.7 Å². The fourth-order valence-electron chi connectivity index (χ4n) is 1.99. The van der Waals surface area contributed by atoms with Gasteiger partial charge in [-0.05, 0) is 30.4 Å². The number of hydrogen-bond donors (Lipinski definition) is 3. The number of hydrogen-bond acceptors (Lipinski definition) is 4. The van der Waals surface area contributed by atoms with Gasteiger partial charge in [0.15, 0.2) is 0 Å². The van der Waals surface area contributed by atoms with Gasteiger partial charge in [0.1, 0.15) is 0 Å². The van der Waals surface area contributed by atoms with Crippen molar-refractivity contribution in [3.63, 3.8) is 0 Å². The van der Waals surface area contributed by atoms with Crippen LogP contribution in [-0.2, 0) is 22.6 Å². The van der Waals surface area contributed by atoms with E-state index >= 15 is 0 Å². The number of carbonyl (C=O) groups excluding carboxylic acids is 1. The molecule has 0 aliphatic rings. The molecule has 1 rings (SSSR count). The van der Waals surface area contributed by atoms with Gasteiger partial charge in [-0.2, -0.15) is 0 Å². The highest BCUT2D eigenvalue weighted by Crippen LogP contribution is 2.23. The second kappa shape index (κ2) is 8.43. The van der Waals surface area contributed by atoms with Gasteiger partial charge in [0.05, 0.1) is 12.2 Å². The first-order valence-corrected chi connectivity index (χ1v) is 8.06. The maximum Gasteiger partial charge on any atom is 0.220 e. The molecule has 130 valence electrons. The van der Waals surface area contributed by atoms with Crippen LogP contribution in [0, 0.1) is 5.41 Å². The zero-order valence-corrected chi connectivity index (χ0v) is 14.8. The van der Waals surface area contributed by atoms with Crippen molar-refractivity contribution in [2.45, 2.75) is 52.8 Å². The van der Waals surface area contributed by atoms with Crippen LogP contribution >= 0.6 is 0 Å². The highest BCUT2D eigenvalue weighted by atomic mass is 16.5. The van der Waals surface area contributed by atoms with Gasteiger partial charge < -0.3 is 21.5 Å². The highest BCUT2D eigenvalue weighted by Gasteiger charge is 2.26. The average Bonchev–Trinajstić information content (AvgIpc) is 2.51. The molecule has 0 unspecified atom stereocenters. The summed E-state index contributed by atoms with van der Waals surface area (Å²) < 4.78 is 5.82. The molecule has 0 radical (unpaired) electrons. The van der Waals surface area contributed by atoms with Crippen molar-refractivity contribution in [2.24, 2.45) is 16.9 Å². The minimum Gasteiger partial charge on any atom is -0.374 e. The monoisotopic (exact) mass is 321 g/mol. The molecule has 1 amide bonds. The molecular weight excluding hydrogens is 290 g/mol. The normalized spacial score (nSPS) is 12.3. The summed E-state index contributed by atoms with van der Waals surface area (Å²) in [6.07, 6.45) is 0.411. The summed E-state index contributed by atoms with van der Waals surface area (Å²) in [6, 6.07) is 7.93. The van der Waals surface area contributed by atoms with E-state index in [4.69, 9.17) is 16.2 Å².